The highest BCUT2D eigenvalue weighted by atomic mass is 35.6. The second-order valence-corrected chi connectivity index (χ2v) is 27.3. The summed E-state index contributed by atoms with van der Waals surface area (Å²) in [5, 5.41) is 0.965. The van der Waals surface area contributed by atoms with E-state index >= 15 is 0 Å². The Morgan fingerprint density at radius 3 is 1.14 bits per heavy atom. The molecule has 0 saturated heterocycles. The summed E-state index contributed by atoms with van der Waals surface area (Å²) in [4.78, 5) is 0. The molecule has 0 amide bonds. The van der Waals surface area contributed by atoms with Crippen LogP contribution >= 0.6 is 11.1 Å². The van der Waals surface area contributed by atoms with Gasteiger partial charge >= 0.3 is 0 Å². The molecule has 1 heterocycles. The van der Waals surface area contributed by atoms with Gasteiger partial charge in [-0.3, -0.25) is 0 Å². The molecule has 0 N–H and O–H groups in total. The van der Waals surface area contributed by atoms with Crippen LogP contribution in [-0.2, 0) is 0 Å². The third kappa shape index (κ3) is 2.74. The number of hydrogen-bond donors (Lipinski definition) is 0. The van der Waals surface area contributed by atoms with Crippen molar-refractivity contribution in [3.8, 4) is 0 Å². The monoisotopic (exact) mass is 344 g/mol. The van der Waals surface area contributed by atoms with Crippen molar-refractivity contribution in [2.75, 3.05) is 0 Å². The molecule has 0 fully saturated rings. The molecule has 3 heteroatoms. The van der Waals surface area contributed by atoms with Gasteiger partial charge in [0.25, 0.3) is 0 Å². The van der Waals surface area contributed by atoms with E-state index in [-0.39, 0.29) is 0 Å². The fraction of sp³-hybridized carbons (Fsp3) is 0.889. The van der Waals surface area contributed by atoms with Crippen LogP contribution in [0.15, 0.2) is 11.1 Å². The Morgan fingerprint density at radius 2 is 0.952 bits per heavy atom. The van der Waals surface area contributed by atoms with Crippen LogP contribution in [0.1, 0.15) is 76.2 Å². The molecule has 1 rings (SSSR count). The average Bonchev–Trinajstić information content (AvgIpc) is 2.32. The summed E-state index contributed by atoms with van der Waals surface area (Å²) in [7, 11) is -1.81. The zero-order valence-electron chi connectivity index (χ0n) is 16.3. The van der Waals surface area contributed by atoms with E-state index < -0.39 is 14.5 Å². The van der Waals surface area contributed by atoms with Crippen molar-refractivity contribution in [3.05, 3.63) is 11.1 Å². The van der Waals surface area contributed by atoms with Crippen molar-refractivity contribution >= 4 is 25.6 Å². The standard InChI is InChI=1S/C18H37ClSi2/c1-14-12-20(19,13-15(14)2)21(16(3,4)5,17(6,7)8)18(9,10)11/h12-13H2,1-11H3. The van der Waals surface area contributed by atoms with Crippen LogP contribution in [0.3, 0.4) is 0 Å². The Hall–Kier alpha value is 0.464. The van der Waals surface area contributed by atoms with E-state index in [1.54, 1.807) is 11.1 Å². The summed E-state index contributed by atoms with van der Waals surface area (Å²) < 4.78 is 0. The van der Waals surface area contributed by atoms with Gasteiger partial charge in [0.05, 0.1) is 7.59 Å². The maximum atomic E-state index is 7.70. The predicted octanol–water partition coefficient (Wildman–Crippen LogP) is 7.45. The van der Waals surface area contributed by atoms with E-state index in [4.69, 9.17) is 11.1 Å². The van der Waals surface area contributed by atoms with Crippen molar-refractivity contribution in [1.29, 1.82) is 0 Å². The first-order valence-electron chi connectivity index (χ1n) is 8.35. The number of allylic oxidation sites excluding steroid dienone is 2. The summed E-state index contributed by atoms with van der Waals surface area (Å²) in [6.07, 6.45) is 0. The fourth-order valence-electron chi connectivity index (χ4n) is 6.86. The van der Waals surface area contributed by atoms with E-state index in [1.165, 1.54) is 12.1 Å². The molecule has 0 atom stereocenters. The van der Waals surface area contributed by atoms with Gasteiger partial charge in [0.1, 0.15) is 0 Å². The lowest BCUT2D eigenvalue weighted by atomic mass is 10.2. The number of hydrogen-bond acceptors (Lipinski definition) is 0. The van der Waals surface area contributed by atoms with E-state index in [9.17, 15) is 0 Å². The minimum atomic E-state index is -1.86. The van der Waals surface area contributed by atoms with Crippen LogP contribution in [0.5, 0.6) is 0 Å². The van der Waals surface area contributed by atoms with E-state index in [1.807, 2.05) is 0 Å². The Morgan fingerprint density at radius 1 is 0.714 bits per heavy atom. The number of rotatable bonds is 1. The lowest BCUT2D eigenvalue weighted by molar-refractivity contribution is 0.553. The van der Waals surface area contributed by atoms with E-state index in [0.29, 0.717) is 15.1 Å². The van der Waals surface area contributed by atoms with Gasteiger partial charge in [-0.1, -0.05) is 73.5 Å². The molecule has 0 aromatic heterocycles. The van der Waals surface area contributed by atoms with Gasteiger partial charge in [-0.15, -0.1) is 0 Å². The van der Waals surface area contributed by atoms with Crippen LogP contribution in [0.2, 0.25) is 27.2 Å². The minimum absolute atomic E-state index is 0.322. The third-order valence-electron chi connectivity index (χ3n) is 5.87. The second kappa shape index (κ2) is 5.24. The molecule has 124 valence electrons. The zero-order valence-corrected chi connectivity index (χ0v) is 19.0. The van der Waals surface area contributed by atoms with Gasteiger partial charge in [-0.25, -0.2) is 0 Å². The molecule has 0 radical (unpaired) electrons. The molecule has 0 aliphatic carbocycles. The van der Waals surface area contributed by atoms with Gasteiger partial charge in [0.15, 0.2) is 6.90 Å². The van der Waals surface area contributed by atoms with Gasteiger partial charge in [-0.2, -0.15) is 11.1 Å². The van der Waals surface area contributed by atoms with Gasteiger partial charge in [-0.05, 0) is 41.1 Å². The summed E-state index contributed by atoms with van der Waals surface area (Å²) in [6, 6.07) is 2.44. The van der Waals surface area contributed by atoms with Gasteiger partial charge in [0, 0.05) is 0 Å². The van der Waals surface area contributed by atoms with Crippen LogP contribution in [0.25, 0.3) is 0 Å². The summed E-state index contributed by atoms with van der Waals surface area (Å²) in [5.41, 5.74) is 3.18. The summed E-state index contributed by atoms with van der Waals surface area (Å²) in [6.45, 7) is 25.1. The first kappa shape index (κ1) is 19.5. The van der Waals surface area contributed by atoms with Crippen molar-refractivity contribution < 1.29 is 0 Å². The SMILES string of the molecule is CC1=C(C)C[Si](Cl)([Si](C(C)(C)C)(C(C)(C)C)C(C)(C)C)C1. The van der Waals surface area contributed by atoms with Crippen LogP contribution in [0, 0.1) is 0 Å². The molecule has 0 unspecified atom stereocenters. The normalized spacial score (nSPS) is 21.1. The molecule has 1 aliphatic rings. The Bertz CT molecular complexity index is 391. The molecule has 0 spiro atoms. The molecule has 21 heavy (non-hydrogen) atoms. The molecule has 0 nitrogen and oxygen atoms in total. The highest BCUT2D eigenvalue weighted by molar-refractivity contribution is 7.62. The molecule has 0 aromatic rings. The molecular weight excluding hydrogens is 308 g/mol. The van der Waals surface area contributed by atoms with Crippen molar-refractivity contribution in [2.24, 2.45) is 0 Å². The predicted molar refractivity (Wildman–Crippen MR) is 104 cm³/mol. The minimum Gasteiger partial charge on any atom is -0.170 e. The van der Waals surface area contributed by atoms with Crippen LogP contribution < -0.4 is 0 Å². The van der Waals surface area contributed by atoms with Crippen molar-refractivity contribution in [2.45, 2.75) is 103 Å². The topological polar surface area (TPSA) is 0 Å². The molecule has 0 aromatic carbocycles. The van der Waals surface area contributed by atoms with E-state index in [0.717, 1.165) is 0 Å². The summed E-state index contributed by atoms with van der Waals surface area (Å²) >= 11 is 7.70. The Kier molecular flexibility index (Phi) is 4.87. The first-order chi connectivity index (χ1) is 9.01. The second-order valence-electron chi connectivity index (χ2n) is 10.4. The maximum Gasteiger partial charge on any atom is 0.156 e. The summed E-state index contributed by atoms with van der Waals surface area (Å²) in [5.74, 6) is 0. The largest absolute Gasteiger partial charge is 0.170 e. The lowest BCUT2D eigenvalue weighted by Crippen LogP contribution is -2.73. The molecular formula is C18H37ClSi2. The van der Waals surface area contributed by atoms with Gasteiger partial charge in [0.2, 0.25) is 0 Å². The maximum absolute atomic E-state index is 7.70. The number of halogens is 1. The van der Waals surface area contributed by atoms with E-state index in [2.05, 4.69) is 76.2 Å². The molecule has 1 aliphatic heterocycles. The average molecular weight is 345 g/mol. The Labute approximate surface area is 140 Å². The third-order valence-corrected chi connectivity index (χ3v) is 31.3. The molecule has 0 bridgehead atoms. The lowest BCUT2D eigenvalue weighted by Gasteiger charge is -2.65. The van der Waals surface area contributed by atoms with Crippen LogP contribution in [0.4, 0.5) is 0 Å². The zero-order chi connectivity index (χ0) is 17.1. The Balaban J connectivity index is 3.70. The van der Waals surface area contributed by atoms with Crippen LogP contribution in [-0.4, -0.2) is 14.5 Å². The van der Waals surface area contributed by atoms with Gasteiger partial charge < -0.3 is 0 Å². The molecule has 0 saturated carbocycles. The van der Waals surface area contributed by atoms with Crippen molar-refractivity contribution in [1.82, 2.24) is 0 Å². The quantitative estimate of drug-likeness (QED) is 0.263. The first-order valence-corrected chi connectivity index (χ1v) is 14.8. The smallest absolute Gasteiger partial charge is 0.156 e. The highest BCUT2D eigenvalue weighted by Gasteiger charge is 2.71. The fourth-order valence-corrected chi connectivity index (χ4v) is 44.7. The van der Waals surface area contributed by atoms with Crippen molar-refractivity contribution in [3.63, 3.8) is 0 Å². The highest BCUT2D eigenvalue weighted by Crippen LogP contribution is 2.69.